The van der Waals surface area contributed by atoms with Gasteiger partial charge in [-0.1, -0.05) is 0 Å². The zero-order valence-electron chi connectivity index (χ0n) is 11.9. The van der Waals surface area contributed by atoms with E-state index in [2.05, 4.69) is 28.2 Å². The Balaban J connectivity index is 1.93. The first-order chi connectivity index (χ1) is 9.29. The maximum Gasteiger partial charge on any atom is 0.0779 e. The number of pyridine rings is 1. The van der Waals surface area contributed by atoms with Crippen LogP contribution >= 0.6 is 0 Å². The fourth-order valence-electron chi connectivity index (χ4n) is 3.39. The van der Waals surface area contributed by atoms with E-state index in [9.17, 15) is 0 Å². The van der Waals surface area contributed by atoms with Crippen molar-refractivity contribution < 1.29 is 4.74 Å². The Morgan fingerprint density at radius 1 is 1.47 bits per heavy atom. The molecule has 1 saturated heterocycles. The van der Waals surface area contributed by atoms with Crippen molar-refractivity contribution in [2.24, 2.45) is 0 Å². The Bertz CT molecular complexity index is 449. The maximum atomic E-state index is 5.91. The van der Waals surface area contributed by atoms with Gasteiger partial charge in [0.2, 0.25) is 0 Å². The van der Waals surface area contributed by atoms with Gasteiger partial charge in [0, 0.05) is 36.2 Å². The number of fused-ring (bicyclic) bond motifs is 1. The molecule has 1 aromatic heterocycles. The third kappa shape index (κ3) is 2.47. The second kappa shape index (κ2) is 5.47. The zero-order valence-corrected chi connectivity index (χ0v) is 11.9. The van der Waals surface area contributed by atoms with E-state index in [1.54, 1.807) is 0 Å². The quantitative estimate of drug-likeness (QED) is 0.901. The summed E-state index contributed by atoms with van der Waals surface area (Å²) < 4.78 is 5.91. The van der Waals surface area contributed by atoms with Crippen molar-refractivity contribution in [1.82, 2.24) is 10.3 Å². The molecular formula is C15H23N3O. The average molecular weight is 261 g/mol. The van der Waals surface area contributed by atoms with E-state index in [4.69, 9.17) is 4.74 Å². The second-order valence-electron chi connectivity index (χ2n) is 5.59. The van der Waals surface area contributed by atoms with Crippen LogP contribution in [0.3, 0.4) is 0 Å². The van der Waals surface area contributed by atoms with E-state index in [1.165, 1.54) is 30.5 Å². The predicted molar refractivity (Wildman–Crippen MR) is 76.5 cm³/mol. The van der Waals surface area contributed by atoms with Crippen LogP contribution in [0.15, 0.2) is 12.3 Å². The average Bonchev–Trinajstić information content (AvgIpc) is 2.89. The normalized spacial score (nSPS) is 26.5. The molecule has 0 bridgehead atoms. The molecule has 0 spiro atoms. The van der Waals surface area contributed by atoms with E-state index < -0.39 is 0 Å². The third-order valence-electron chi connectivity index (χ3n) is 4.26. The highest BCUT2D eigenvalue weighted by molar-refractivity contribution is 5.55. The number of anilines is 1. The number of nitrogens with zero attached hydrogens (tertiary/aromatic N) is 2. The summed E-state index contributed by atoms with van der Waals surface area (Å²) in [5.74, 6) is 0. The van der Waals surface area contributed by atoms with Crippen LogP contribution in [0.4, 0.5) is 5.69 Å². The van der Waals surface area contributed by atoms with Crippen molar-refractivity contribution in [3.05, 3.63) is 23.5 Å². The first-order valence-corrected chi connectivity index (χ1v) is 7.28. The van der Waals surface area contributed by atoms with Crippen LogP contribution in [0, 0.1) is 6.92 Å². The van der Waals surface area contributed by atoms with Crippen LogP contribution in [0.1, 0.15) is 30.5 Å². The molecule has 4 nitrogen and oxygen atoms in total. The minimum absolute atomic E-state index is 0.435. The Kier molecular flexibility index (Phi) is 3.71. The van der Waals surface area contributed by atoms with Gasteiger partial charge in [0.25, 0.3) is 0 Å². The molecule has 0 aromatic carbocycles. The second-order valence-corrected chi connectivity index (χ2v) is 5.59. The molecule has 4 heteroatoms. The molecule has 2 fully saturated rings. The molecule has 1 N–H and O–H groups in total. The molecule has 0 radical (unpaired) electrons. The summed E-state index contributed by atoms with van der Waals surface area (Å²) in [6.45, 7) is 4.79. The molecule has 1 saturated carbocycles. The van der Waals surface area contributed by atoms with Crippen LogP contribution in [0.5, 0.6) is 0 Å². The predicted octanol–water partition coefficient (Wildman–Crippen LogP) is 1.87. The Labute approximate surface area is 115 Å². The molecule has 2 heterocycles. The van der Waals surface area contributed by atoms with Crippen molar-refractivity contribution in [2.45, 2.75) is 44.9 Å². The molecular weight excluding hydrogens is 238 g/mol. The van der Waals surface area contributed by atoms with E-state index in [-0.39, 0.29) is 0 Å². The number of rotatable bonds is 3. The highest BCUT2D eigenvalue weighted by Crippen LogP contribution is 2.34. The van der Waals surface area contributed by atoms with Gasteiger partial charge in [-0.15, -0.1) is 0 Å². The van der Waals surface area contributed by atoms with Crippen molar-refractivity contribution in [1.29, 1.82) is 0 Å². The third-order valence-corrected chi connectivity index (χ3v) is 4.26. The van der Waals surface area contributed by atoms with E-state index in [1.807, 2.05) is 13.2 Å². The van der Waals surface area contributed by atoms with Gasteiger partial charge < -0.3 is 15.0 Å². The first kappa shape index (κ1) is 12.9. The van der Waals surface area contributed by atoms with Crippen LogP contribution in [0.2, 0.25) is 0 Å². The first-order valence-electron chi connectivity index (χ1n) is 7.28. The Hall–Kier alpha value is -1.13. The molecule has 19 heavy (non-hydrogen) atoms. The van der Waals surface area contributed by atoms with E-state index in [0.717, 1.165) is 25.4 Å². The lowest BCUT2D eigenvalue weighted by atomic mass is 10.1. The number of ether oxygens (including phenoxy) is 1. The molecule has 104 valence electrons. The maximum absolute atomic E-state index is 5.91. The van der Waals surface area contributed by atoms with Crippen LogP contribution < -0.4 is 10.2 Å². The van der Waals surface area contributed by atoms with E-state index >= 15 is 0 Å². The number of aryl methyl sites for hydroxylation is 1. The van der Waals surface area contributed by atoms with Crippen LogP contribution in [-0.4, -0.2) is 37.3 Å². The van der Waals surface area contributed by atoms with Crippen molar-refractivity contribution >= 4 is 5.69 Å². The summed E-state index contributed by atoms with van der Waals surface area (Å²) in [5.41, 5.74) is 3.73. The van der Waals surface area contributed by atoms with Gasteiger partial charge in [0.1, 0.15) is 0 Å². The highest BCUT2D eigenvalue weighted by Gasteiger charge is 2.36. The van der Waals surface area contributed by atoms with Crippen molar-refractivity contribution in [3.8, 4) is 0 Å². The summed E-state index contributed by atoms with van der Waals surface area (Å²) >= 11 is 0. The number of aromatic nitrogens is 1. The largest absolute Gasteiger partial charge is 0.374 e. The summed E-state index contributed by atoms with van der Waals surface area (Å²) in [6.07, 6.45) is 6.21. The van der Waals surface area contributed by atoms with Gasteiger partial charge in [0.15, 0.2) is 0 Å². The summed E-state index contributed by atoms with van der Waals surface area (Å²) in [4.78, 5) is 7.00. The summed E-state index contributed by atoms with van der Waals surface area (Å²) in [5, 5.41) is 3.24. The van der Waals surface area contributed by atoms with Gasteiger partial charge in [-0.05, 0) is 39.3 Å². The lowest BCUT2D eigenvalue weighted by molar-refractivity contribution is 0.0255. The Morgan fingerprint density at radius 3 is 3.21 bits per heavy atom. The molecule has 3 rings (SSSR count). The smallest absolute Gasteiger partial charge is 0.0779 e. The Morgan fingerprint density at radius 2 is 2.37 bits per heavy atom. The molecule has 2 aliphatic rings. The van der Waals surface area contributed by atoms with Gasteiger partial charge in [0.05, 0.1) is 18.8 Å². The monoisotopic (exact) mass is 261 g/mol. The topological polar surface area (TPSA) is 37.4 Å². The number of morpholine rings is 1. The molecule has 0 amide bonds. The lowest BCUT2D eigenvalue weighted by Gasteiger charge is -2.40. The summed E-state index contributed by atoms with van der Waals surface area (Å²) in [6, 6.07) is 2.79. The summed E-state index contributed by atoms with van der Waals surface area (Å²) in [7, 11) is 1.99. The van der Waals surface area contributed by atoms with Crippen LogP contribution in [0.25, 0.3) is 0 Å². The molecule has 1 aromatic rings. The highest BCUT2D eigenvalue weighted by atomic mass is 16.5. The zero-order chi connectivity index (χ0) is 13.2. The SMILES string of the molecule is CNCc1cnc(C)cc1N1CCOC2CCCC21. The number of hydrogen-bond donors (Lipinski definition) is 1. The number of nitrogens with one attached hydrogen (secondary N) is 1. The standard InChI is InChI=1S/C15H23N3O/c1-11-8-14(12(9-16-2)10-17-11)18-6-7-19-15-5-3-4-13(15)18/h8,10,13,15-16H,3-7,9H2,1-2H3. The molecule has 2 unspecified atom stereocenters. The lowest BCUT2D eigenvalue weighted by Crippen LogP contribution is -2.49. The van der Waals surface area contributed by atoms with Crippen molar-refractivity contribution in [2.75, 3.05) is 25.1 Å². The van der Waals surface area contributed by atoms with Gasteiger partial charge in [-0.3, -0.25) is 4.98 Å². The van der Waals surface area contributed by atoms with Gasteiger partial charge >= 0.3 is 0 Å². The molecule has 1 aliphatic carbocycles. The fraction of sp³-hybridized carbons (Fsp3) is 0.667. The van der Waals surface area contributed by atoms with Gasteiger partial charge in [-0.2, -0.15) is 0 Å². The molecule has 2 atom stereocenters. The molecule has 1 aliphatic heterocycles. The van der Waals surface area contributed by atoms with E-state index in [0.29, 0.717) is 12.1 Å². The minimum Gasteiger partial charge on any atom is -0.374 e. The minimum atomic E-state index is 0.435. The van der Waals surface area contributed by atoms with Crippen molar-refractivity contribution in [3.63, 3.8) is 0 Å². The number of hydrogen-bond acceptors (Lipinski definition) is 4. The van der Waals surface area contributed by atoms with Gasteiger partial charge in [-0.25, -0.2) is 0 Å². The fourth-order valence-corrected chi connectivity index (χ4v) is 3.39. The van der Waals surface area contributed by atoms with Crippen LogP contribution in [-0.2, 0) is 11.3 Å².